The minimum Gasteiger partial charge on any atom is -0.388 e. The van der Waals surface area contributed by atoms with Crippen LogP contribution in [0, 0.1) is 23.5 Å². The van der Waals surface area contributed by atoms with Crippen LogP contribution >= 0.6 is 0 Å². The van der Waals surface area contributed by atoms with E-state index >= 15 is 0 Å². The van der Waals surface area contributed by atoms with Gasteiger partial charge in [0.25, 0.3) is 0 Å². The average molecular weight is 286 g/mol. The summed E-state index contributed by atoms with van der Waals surface area (Å²) in [7, 11) is 0. The molecule has 0 aromatic heterocycles. The smallest absolute Gasteiger partial charge is 0.159 e. The average Bonchev–Trinajstić information content (AvgIpc) is 3.24. The number of aliphatic hydroxyl groups is 1. The van der Waals surface area contributed by atoms with Gasteiger partial charge in [-0.1, -0.05) is 30.3 Å². The number of aliphatic hydroxyl groups excluding tert-OH is 1. The van der Waals surface area contributed by atoms with Crippen LogP contribution in [0.15, 0.2) is 42.5 Å². The maximum atomic E-state index is 13.3. The van der Waals surface area contributed by atoms with Crippen molar-refractivity contribution in [3.8, 4) is 0 Å². The third kappa shape index (κ3) is 1.99. The Labute approximate surface area is 122 Å². The fourth-order valence-electron chi connectivity index (χ4n) is 3.97. The van der Waals surface area contributed by atoms with Gasteiger partial charge in [0.1, 0.15) is 0 Å². The highest BCUT2D eigenvalue weighted by molar-refractivity contribution is 5.41. The van der Waals surface area contributed by atoms with Gasteiger partial charge < -0.3 is 5.11 Å². The van der Waals surface area contributed by atoms with Gasteiger partial charge in [0, 0.05) is 0 Å². The van der Waals surface area contributed by atoms with Crippen molar-refractivity contribution in [2.24, 2.45) is 11.8 Å². The summed E-state index contributed by atoms with van der Waals surface area (Å²) < 4.78 is 26.4. The van der Waals surface area contributed by atoms with Gasteiger partial charge in [-0.15, -0.1) is 0 Å². The second kappa shape index (κ2) is 4.63. The lowest BCUT2D eigenvalue weighted by molar-refractivity contribution is 0.144. The van der Waals surface area contributed by atoms with Gasteiger partial charge in [-0.05, 0) is 59.4 Å². The van der Waals surface area contributed by atoms with E-state index in [0.29, 0.717) is 17.4 Å². The minimum atomic E-state index is -0.893. The summed E-state index contributed by atoms with van der Waals surface area (Å²) in [6.45, 7) is 0. The van der Waals surface area contributed by atoms with Gasteiger partial charge in [-0.3, -0.25) is 0 Å². The van der Waals surface area contributed by atoms with E-state index in [1.807, 2.05) is 12.1 Å². The van der Waals surface area contributed by atoms with Crippen LogP contribution in [-0.4, -0.2) is 5.11 Å². The van der Waals surface area contributed by atoms with E-state index in [1.54, 1.807) is 0 Å². The van der Waals surface area contributed by atoms with Crippen LogP contribution < -0.4 is 0 Å². The topological polar surface area (TPSA) is 20.2 Å². The number of rotatable bonds is 2. The molecule has 4 rings (SSSR count). The zero-order chi connectivity index (χ0) is 14.6. The number of hydrogen-bond acceptors (Lipinski definition) is 1. The van der Waals surface area contributed by atoms with Crippen molar-refractivity contribution in [3.63, 3.8) is 0 Å². The summed E-state index contributed by atoms with van der Waals surface area (Å²) in [6, 6.07) is 12.0. The Kier molecular flexibility index (Phi) is 2.86. The molecule has 1 fully saturated rings. The Morgan fingerprint density at radius 1 is 1.05 bits per heavy atom. The molecular weight excluding hydrogens is 270 g/mol. The molecule has 21 heavy (non-hydrogen) atoms. The Bertz CT molecular complexity index is 697. The number of fused-ring (bicyclic) bond motifs is 3. The van der Waals surface area contributed by atoms with Crippen molar-refractivity contribution in [1.29, 1.82) is 0 Å². The van der Waals surface area contributed by atoms with Crippen LogP contribution in [-0.2, 0) is 6.42 Å². The van der Waals surface area contributed by atoms with Crippen molar-refractivity contribution in [1.82, 2.24) is 0 Å². The quantitative estimate of drug-likeness (QED) is 0.885. The highest BCUT2D eigenvalue weighted by atomic mass is 19.2. The van der Waals surface area contributed by atoms with Gasteiger partial charge in [0.2, 0.25) is 0 Å². The zero-order valence-corrected chi connectivity index (χ0v) is 11.5. The molecule has 0 aliphatic heterocycles. The van der Waals surface area contributed by atoms with Gasteiger partial charge in [0.15, 0.2) is 11.6 Å². The first-order valence-electron chi connectivity index (χ1n) is 7.37. The summed E-state index contributed by atoms with van der Waals surface area (Å²) in [5.41, 5.74) is 3.16. The number of halogens is 2. The molecule has 2 aromatic rings. The molecule has 2 aromatic carbocycles. The molecule has 1 N–H and O–H groups in total. The van der Waals surface area contributed by atoms with Gasteiger partial charge in [-0.2, -0.15) is 0 Å². The molecule has 0 amide bonds. The van der Waals surface area contributed by atoms with Crippen molar-refractivity contribution < 1.29 is 13.9 Å². The summed E-state index contributed by atoms with van der Waals surface area (Å²) in [5.74, 6) is -0.820. The molecule has 0 radical (unpaired) electrons. The van der Waals surface area contributed by atoms with E-state index in [2.05, 4.69) is 12.1 Å². The Hall–Kier alpha value is -1.74. The summed E-state index contributed by atoms with van der Waals surface area (Å²) in [6.07, 6.45) is 1.38. The Morgan fingerprint density at radius 3 is 2.67 bits per heavy atom. The summed E-state index contributed by atoms with van der Waals surface area (Å²) in [5, 5.41) is 10.5. The molecule has 4 unspecified atom stereocenters. The highest BCUT2D eigenvalue weighted by Crippen LogP contribution is 2.64. The maximum Gasteiger partial charge on any atom is 0.159 e. The van der Waals surface area contributed by atoms with Gasteiger partial charge in [0.05, 0.1) is 6.10 Å². The van der Waals surface area contributed by atoms with E-state index in [0.717, 1.165) is 25.0 Å². The summed E-state index contributed by atoms with van der Waals surface area (Å²) in [4.78, 5) is 0. The lowest BCUT2D eigenvalue weighted by Gasteiger charge is -2.13. The number of benzene rings is 2. The molecular formula is C18H16F2O. The van der Waals surface area contributed by atoms with Crippen LogP contribution in [0.25, 0.3) is 0 Å². The van der Waals surface area contributed by atoms with Crippen molar-refractivity contribution in [3.05, 3.63) is 70.8 Å². The lowest BCUT2D eigenvalue weighted by atomic mass is 9.92. The molecule has 2 aliphatic rings. The zero-order valence-electron chi connectivity index (χ0n) is 11.5. The predicted molar refractivity (Wildman–Crippen MR) is 75.8 cm³/mol. The van der Waals surface area contributed by atoms with E-state index in [1.165, 1.54) is 17.2 Å². The van der Waals surface area contributed by atoms with Crippen molar-refractivity contribution in [2.75, 3.05) is 0 Å². The SMILES string of the molecule is OC(c1ccc(F)c(F)c1)C1C2CCc3ccccc3C21. The van der Waals surface area contributed by atoms with Gasteiger partial charge in [-0.25, -0.2) is 8.78 Å². The van der Waals surface area contributed by atoms with E-state index in [9.17, 15) is 13.9 Å². The predicted octanol–water partition coefficient (Wildman–Crippen LogP) is 3.97. The molecule has 1 saturated carbocycles. The van der Waals surface area contributed by atoms with Crippen LogP contribution in [0.1, 0.15) is 35.1 Å². The second-order valence-electron chi connectivity index (χ2n) is 6.12. The van der Waals surface area contributed by atoms with E-state index in [4.69, 9.17) is 0 Å². The monoisotopic (exact) mass is 286 g/mol. The summed E-state index contributed by atoms with van der Waals surface area (Å²) >= 11 is 0. The van der Waals surface area contributed by atoms with Crippen molar-refractivity contribution in [2.45, 2.75) is 24.9 Å². The molecule has 2 aliphatic carbocycles. The Morgan fingerprint density at radius 2 is 1.86 bits per heavy atom. The second-order valence-corrected chi connectivity index (χ2v) is 6.12. The third-order valence-corrected chi connectivity index (χ3v) is 5.04. The first kappa shape index (κ1) is 13.0. The first-order chi connectivity index (χ1) is 10.2. The first-order valence-corrected chi connectivity index (χ1v) is 7.37. The third-order valence-electron chi connectivity index (χ3n) is 5.04. The Balaban J connectivity index is 1.63. The molecule has 108 valence electrons. The standard InChI is InChI=1S/C18H16F2O/c19-14-8-6-11(9-15(14)20)18(21)17-13-7-5-10-3-1-2-4-12(10)16(13)17/h1-4,6,8-9,13,16-18,21H,5,7H2. The fraction of sp³-hybridized carbons (Fsp3) is 0.333. The van der Waals surface area contributed by atoms with Crippen LogP contribution in [0.3, 0.4) is 0 Å². The molecule has 3 heteroatoms. The largest absolute Gasteiger partial charge is 0.388 e. The lowest BCUT2D eigenvalue weighted by Crippen LogP contribution is -2.03. The molecule has 4 atom stereocenters. The van der Waals surface area contributed by atoms with Crippen LogP contribution in [0.4, 0.5) is 8.78 Å². The normalized spacial score (nSPS) is 27.7. The van der Waals surface area contributed by atoms with Crippen LogP contribution in [0.5, 0.6) is 0 Å². The van der Waals surface area contributed by atoms with Crippen LogP contribution in [0.2, 0.25) is 0 Å². The molecule has 0 spiro atoms. The minimum absolute atomic E-state index is 0.124. The molecule has 0 saturated heterocycles. The van der Waals surface area contributed by atoms with E-state index in [-0.39, 0.29) is 5.92 Å². The molecule has 0 bridgehead atoms. The van der Waals surface area contributed by atoms with Crippen molar-refractivity contribution >= 4 is 0 Å². The number of hydrogen-bond donors (Lipinski definition) is 1. The number of aryl methyl sites for hydroxylation is 1. The molecule has 1 nitrogen and oxygen atoms in total. The van der Waals surface area contributed by atoms with Gasteiger partial charge >= 0.3 is 0 Å². The highest BCUT2D eigenvalue weighted by Gasteiger charge is 2.56. The fourth-order valence-corrected chi connectivity index (χ4v) is 3.97. The maximum absolute atomic E-state index is 13.3. The molecule has 0 heterocycles. The van der Waals surface area contributed by atoms with E-state index < -0.39 is 17.7 Å².